The van der Waals surface area contributed by atoms with Crippen molar-refractivity contribution >= 4 is 65.0 Å². The van der Waals surface area contributed by atoms with E-state index in [4.69, 9.17) is 11.5 Å². The van der Waals surface area contributed by atoms with E-state index in [-0.39, 0.29) is 32.5 Å². The molecule has 0 saturated heterocycles. The van der Waals surface area contributed by atoms with Crippen molar-refractivity contribution in [2.75, 3.05) is 111 Å². The zero-order valence-electron chi connectivity index (χ0n) is 52.9. The van der Waals surface area contributed by atoms with E-state index in [1.807, 2.05) is 6.92 Å². The minimum Gasteiger partial charge on any atom is -0.392 e. The summed E-state index contributed by atoms with van der Waals surface area (Å²) in [6.07, 6.45) is -5.62. The second kappa shape index (κ2) is 39.6. The summed E-state index contributed by atoms with van der Waals surface area (Å²) in [5.41, 5.74) is 11.0. The van der Waals surface area contributed by atoms with Crippen LogP contribution < -0.4 is 11.5 Å². The van der Waals surface area contributed by atoms with Crippen LogP contribution in [0.15, 0.2) is 0 Å². The summed E-state index contributed by atoms with van der Waals surface area (Å²) in [7, 11) is 0. The van der Waals surface area contributed by atoms with Gasteiger partial charge in [-0.1, -0.05) is 27.7 Å². The van der Waals surface area contributed by atoms with Crippen LogP contribution in [0, 0.1) is 0 Å². The van der Waals surface area contributed by atoms with Crippen molar-refractivity contribution in [3.63, 3.8) is 0 Å². The van der Waals surface area contributed by atoms with Crippen molar-refractivity contribution in [3.05, 3.63) is 0 Å². The lowest BCUT2D eigenvalue weighted by atomic mass is 10.2. The van der Waals surface area contributed by atoms with Gasteiger partial charge >= 0.3 is 0 Å². The van der Waals surface area contributed by atoms with E-state index in [0.717, 1.165) is 39.2 Å². The van der Waals surface area contributed by atoms with Gasteiger partial charge in [0, 0.05) is 63.4 Å². The predicted octanol–water partition coefficient (Wildman–Crippen LogP) is -3.80. The van der Waals surface area contributed by atoms with Crippen molar-refractivity contribution < 1.29 is 83.4 Å². The Labute approximate surface area is 502 Å². The Morgan fingerprint density at radius 3 is 0.612 bits per heavy atom. The first-order valence-corrected chi connectivity index (χ1v) is 29.4. The molecule has 10 unspecified atom stereocenters. The number of nitrogens with zero attached hydrogens (tertiary/aromatic N) is 10. The molecule has 0 bridgehead atoms. The molecular weight excluding hydrogens is 1110 g/mol. The number of carbonyl (C=O) groups is 11. The Morgan fingerprint density at radius 1 is 0.282 bits per heavy atom. The summed E-state index contributed by atoms with van der Waals surface area (Å²) in [5, 5.41) is 62.8. The molecule has 0 fully saturated rings. The molecule has 29 nitrogen and oxygen atoms in total. The summed E-state index contributed by atoms with van der Waals surface area (Å²) >= 11 is 0. The van der Waals surface area contributed by atoms with Crippen LogP contribution in [0.25, 0.3) is 0 Å². The summed E-state index contributed by atoms with van der Waals surface area (Å²) in [6.45, 7) is 12.6. The largest absolute Gasteiger partial charge is 0.392 e. The third-order valence-electron chi connectivity index (χ3n) is 14.2. The fourth-order valence-corrected chi connectivity index (χ4v) is 8.86. The van der Waals surface area contributed by atoms with Crippen LogP contribution in [0.5, 0.6) is 0 Å². The highest BCUT2D eigenvalue weighted by Crippen LogP contribution is 2.14. The monoisotopic (exact) mass is 1220 g/mol. The molecule has 29 heteroatoms. The Balaban J connectivity index is 6.94. The third-order valence-corrected chi connectivity index (χ3v) is 14.2. The van der Waals surface area contributed by atoms with Crippen molar-refractivity contribution in [1.29, 1.82) is 0 Å². The molecule has 0 aromatic carbocycles. The minimum absolute atomic E-state index is 0.283. The van der Waals surface area contributed by atoms with E-state index in [2.05, 4.69) is 0 Å². The van der Waals surface area contributed by atoms with Crippen molar-refractivity contribution in [2.24, 2.45) is 11.5 Å². The average Bonchev–Trinajstić information content (AvgIpc) is 3.56. The number of amides is 11. The molecule has 0 spiro atoms. The van der Waals surface area contributed by atoms with Crippen LogP contribution in [0.4, 0.5) is 0 Å². The summed E-state index contributed by atoms with van der Waals surface area (Å²) in [6, 6.07) is -2.20. The van der Waals surface area contributed by atoms with Crippen LogP contribution in [0.1, 0.15) is 123 Å². The molecule has 0 aliphatic heterocycles. The molecule has 0 aromatic rings. The van der Waals surface area contributed by atoms with E-state index in [9.17, 15) is 83.4 Å². The Bertz CT molecular complexity index is 2170. The fourth-order valence-electron chi connectivity index (χ4n) is 8.86. The highest BCUT2D eigenvalue weighted by Gasteiger charge is 2.35. The van der Waals surface area contributed by atoms with Crippen molar-refractivity contribution in [2.45, 2.75) is 183 Å². The van der Waals surface area contributed by atoms with E-state index in [1.54, 1.807) is 48.5 Å². The quantitative estimate of drug-likeness (QED) is 0.0291. The first kappa shape index (κ1) is 78.9. The standard InChI is InChI=1S/C56H104N12O17/c1-15-36(5)65(26-46(58)75)54(83)30-62(23-43(12)72)48(77)28-60(21-41(10)70)52(81)34-67(38(7)17-3)56(85)32-64(25-45(14)74)50(79)29-61(22-42(11)71)53(82)35-68(39(8)18-4)55(84)31-63(24-44(13)73)49(78)27-59(20-40(9)69)51(80)33-66(37(6)16-2)47(76)19-57/h36-45,69-74H,15-35,57H2,1-14H3,(H2,58,75). The molecule has 11 amide bonds. The van der Waals surface area contributed by atoms with Crippen LogP contribution in [0.3, 0.4) is 0 Å². The number of rotatable bonds is 41. The lowest BCUT2D eigenvalue weighted by Crippen LogP contribution is -2.56. The molecule has 0 aromatic heterocycles. The van der Waals surface area contributed by atoms with Gasteiger partial charge in [-0.25, -0.2) is 0 Å². The van der Waals surface area contributed by atoms with Gasteiger partial charge in [-0.2, -0.15) is 0 Å². The SMILES string of the molecule is CCC(C)N(CC(N)=O)C(=O)CN(CC(C)O)C(=O)CN(CC(C)O)C(=O)CN(C(=O)CN(CC(C)O)C(=O)CN(CC(C)O)C(=O)CN(C(=O)CN(CC(C)O)C(=O)CN(CC(C)O)C(=O)CN(C(=O)CN)C(C)CC)C(C)CC)C(C)CC. The van der Waals surface area contributed by atoms with E-state index in [0.29, 0.717) is 12.8 Å². The van der Waals surface area contributed by atoms with Gasteiger partial charge in [0.15, 0.2) is 0 Å². The second-order valence-corrected chi connectivity index (χ2v) is 22.5. The topological polar surface area (TPSA) is 394 Å². The lowest BCUT2D eigenvalue weighted by molar-refractivity contribution is -0.151. The zero-order valence-corrected chi connectivity index (χ0v) is 52.9. The van der Waals surface area contributed by atoms with E-state index < -0.39 is 217 Å². The van der Waals surface area contributed by atoms with Gasteiger partial charge in [0.1, 0.15) is 19.6 Å². The molecule has 490 valence electrons. The molecular formula is C56H104N12O17. The number of primary amides is 1. The average molecular weight is 1220 g/mol. The van der Waals surface area contributed by atoms with Gasteiger partial charge in [-0.05, 0) is 94.9 Å². The number of hydrogen-bond donors (Lipinski definition) is 8. The molecule has 0 aliphatic carbocycles. The molecule has 0 saturated carbocycles. The zero-order chi connectivity index (χ0) is 65.7. The molecule has 0 rings (SSSR count). The van der Waals surface area contributed by atoms with Gasteiger partial charge in [0.25, 0.3) is 0 Å². The van der Waals surface area contributed by atoms with Crippen molar-refractivity contribution in [1.82, 2.24) is 49.0 Å². The van der Waals surface area contributed by atoms with Gasteiger partial charge < -0.3 is 91.1 Å². The Hall–Kier alpha value is -6.11. The second-order valence-electron chi connectivity index (χ2n) is 22.5. The number of nitrogens with two attached hydrogens (primary N) is 2. The highest BCUT2D eigenvalue weighted by molar-refractivity contribution is 5.95. The first-order valence-electron chi connectivity index (χ1n) is 29.4. The summed E-state index contributed by atoms with van der Waals surface area (Å²) < 4.78 is 0. The van der Waals surface area contributed by atoms with Crippen LogP contribution in [0.2, 0.25) is 0 Å². The molecule has 0 heterocycles. The molecule has 0 aliphatic rings. The van der Waals surface area contributed by atoms with Gasteiger partial charge in [0.05, 0.1) is 89.0 Å². The summed E-state index contributed by atoms with van der Waals surface area (Å²) in [5.74, 6) is -8.41. The Morgan fingerprint density at radius 2 is 0.447 bits per heavy atom. The minimum atomic E-state index is -1.24. The maximum atomic E-state index is 14.4. The lowest BCUT2D eigenvalue weighted by Gasteiger charge is -2.36. The Kier molecular flexibility index (Phi) is 36.7. The molecule has 0 radical (unpaired) electrons. The van der Waals surface area contributed by atoms with Crippen LogP contribution >= 0.6 is 0 Å². The predicted molar refractivity (Wildman–Crippen MR) is 314 cm³/mol. The maximum absolute atomic E-state index is 14.4. The van der Waals surface area contributed by atoms with E-state index >= 15 is 0 Å². The van der Waals surface area contributed by atoms with Crippen LogP contribution in [-0.4, -0.2) is 317 Å². The number of hydrogen-bond acceptors (Lipinski definition) is 18. The van der Waals surface area contributed by atoms with Crippen LogP contribution in [-0.2, 0) is 52.7 Å². The fraction of sp³-hybridized carbons (Fsp3) is 0.804. The highest BCUT2D eigenvalue weighted by atomic mass is 16.3. The van der Waals surface area contributed by atoms with E-state index in [1.165, 1.54) is 51.3 Å². The number of aliphatic hydroxyl groups is 6. The molecule has 85 heavy (non-hydrogen) atoms. The number of carbonyl (C=O) groups excluding carboxylic acids is 11. The third kappa shape index (κ3) is 29.2. The molecule has 10 N–H and O–H groups in total. The smallest absolute Gasteiger partial charge is 0.242 e. The normalized spacial score (nSPS) is 14.8. The number of aliphatic hydroxyl groups excluding tert-OH is 6. The summed E-state index contributed by atoms with van der Waals surface area (Å²) in [4.78, 5) is 162. The van der Waals surface area contributed by atoms with Gasteiger partial charge in [0.2, 0.25) is 65.0 Å². The molecule has 10 atom stereocenters. The first-order chi connectivity index (χ1) is 39.5. The maximum Gasteiger partial charge on any atom is 0.242 e. The van der Waals surface area contributed by atoms with Gasteiger partial charge in [-0.15, -0.1) is 0 Å². The van der Waals surface area contributed by atoms with Gasteiger partial charge in [-0.3, -0.25) is 52.7 Å². The van der Waals surface area contributed by atoms with Crippen molar-refractivity contribution in [3.8, 4) is 0 Å².